The van der Waals surface area contributed by atoms with E-state index in [2.05, 4.69) is 10.2 Å². The predicted octanol–water partition coefficient (Wildman–Crippen LogP) is 2.45. The Morgan fingerprint density at radius 2 is 2.31 bits per heavy atom. The molecule has 0 aliphatic carbocycles. The van der Waals surface area contributed by atoms with Crippen molar-refractivity contribution in [2.24, 2.45) is 0 Å². The van der Waals surface area contributed by atoms with E-state index in [-0.39, 0.29) is 12.3 Å². The zero-order valence-corrected chi connectivity index (χ0v) is 9.32. The Hall–Kier alpha value is -1.84. The van der Waals surface area contributed by atoms with Gasteiger partial charge in [-0.15, -0.1) is 0 Å². The molecule has 0 aliphatic heterocycles. The van der Waals surface area contributed by atoms with Gasteiger partial charge in [0, 0.05) is 17.0 Å². The number of aliphatic carboxylic acids is 1. The van der Waals surface area contributed by atoms with Gasteiger partial charge in [-0.25, -0.2) is 0 Å². The number of hydrogen-bond acceptors (Lipinski definition) is 2. The van der Waals surface area contributed by atoms with Crippen molar-refractivity contribution >= 4 is 16.9 Å². The van der Waals surface area contributed by atoms with Crippen LogP contribution in [0.4, 0.5) is 0 Å². The van der Waals surface area contributed by atoms with Gasteiger partial charge >= 0.3 is 5.97 Å². The highest BCUT2D eigenvalue weighted by Crippen LogP contribution is 2.25. The quantitative estimate of drug-likeness (QED) is 0.831. The van der Waals surface area contributed by atoms with Gasteiger partial charge in [-0.3, -0.25) is 9.89 Å². The molecule has 2 N–H and O–H groups in total. The number of carboxylic acids is 1. The van der Waals surface area contributed by atoms with E-state index in [9.17, 15) is 4.79 Å². The molecule has 0 fully saturated rings. The number of carboxylic acid groups (broad SMARTS) is 1. The first-order valence-corrected chi connectivity index (χ1v) is 5.24. The zero-order valence-electron chi connectivity index (χ0n) is 9.32. The molecule has 2 aromatic rings. The summed E-state index contributed by atoms with van der Waals surface area (Å²) in [4.78, 5) is 10.7. The van der Waals surface area contributed by atoms with Gasteiger partial charge in [-0.1, -0.05) is 19.1 Å². The Balaban J connectivity index is 2.41. The average Bonchev–Trinajstić information content (AvgIpc) is 2.59. The van der Waals surface area contributed by atoms with Crippen LogP contribution in [0, 0.1) is 6.92 Å². The number of fused-ring (bicyclic) bond motifs is 1. The Bertz CT molecular complexity index is 531. The molecule has 0 spiro atoms. The van der Waals surface area contributed by atoms with Crippen molar-refractivity contribution in [1.29, 1.82) is 0 Å². The first-order chi connectivity index (χ1) is 7.58. The normalized spacial score (nSPS) is 12.9. The van der Waals surface area contributed by atoms with E-state index in [1.165, 1.54) is 0 Å². The molecule has 0 amide bonds. The van der Waals surface area contributed by atoms with E-state index in [4.69, 9.17) is 5.11 Å². The second-order valence-electron chi connectivity index (χ2n) is 4.16. The largest absolute Gasteiger partial charge is 0.481 e. The zero-order chi connectivity index (χ0) is 11.7. The number of carbonyl (C=O) groups is 1. The lowest BCUT2D eigenvalue weighted by molar-refractivity contribution is -0.137. The van der Waals surface area contributed by atoms with Crippen LogP contribution in [0.5, 0.6) is 0 Å². The van der Waals surface area contributed by atoms with Crippen LogP contribution in [0.2, 0.25) is 0 Å². The van der Waals surface area contributed by atoms with Crippen LogP contribution in [0.25, 0.3) is 10.9 Å². The third-order valence-corrected chi connectivity index (χ3v) is 2.71. The van der Waals surface area contributed by atoms with E-state index in [0.717, 1.165) is 22.2 Å². The molecule has 4 nitrogen and oxygen atoms in total. The van der Waals surface area contributed by atoms with Gasteiger partial charge < -0.3 is 5.11 Å². The number of hydrogen-bond donors (Lipinski definition) is 2. The number of aromatic nitrogens is 2. The van der Waals surface area contributed by atoms with E-state index in [1.807, 2.05) is 32.0 Å². The molecule has 1 aromatic carbocycles. The van der Waals surface area contributed by atoms with Gasteiger partial charge in [0.25, 0.3) is 0 Å². The van der Waals surface area contributed by atoms with Crippen LogP contribution in [0.1, 0.15) is 30.5 Å². The third kappa shape index (κ3) is 1.91. The van der Waals surface area contributed by atoms with Gasteiger partial charge in [0.15, 0.2) is 0 Å². The van der Waals surface area contributed by atoms with Gasteiger partial charge in [0.1, 0.15) is 0 Å². The van der Waals surface area contributed by atoms with Gasteiger partial charge in [-0.2, -0.15) is 5.10 Å². The van der Waals surface area contributed by atoms with Crippen molar-refractivity contribution in [3.05, 3.63) is 29.5 Å². The smallest absolute Gasteiger partial charge is 0.304 e. The van der Waals surface area contributed by atoms with Crippen LogP contribution in [0.15, 0.2) is 18.2 Å². The number of aromatic amines is 1. The van der Waals surface area contributed by atoms with Crippen LogP contribution >= 0.6 is 0 Å². The maximum atomic E-state index is 10.7. The minimum atomic E-state index is -0.789. The van der Waals surface area contributed by atoms with Crippen molar-refractivity contribution < 1.29 is 9.90 Å². The first-order valence-electron chi connectivity index (χ1n) is 5.24. The molecule has 0 aliphatic rings. The molecule has 1 aromatic heterocycles. The summed E-state index contributed by atoms with van der Waals surface area (Å²) >= 11 is 0. The van der Waals surface area contributed by atoms with Crippen LogP contribution < -0.4 is 0 Å². The van der Waals surface area contributed by atoms with E-state index < -0.39 is 5.97 Å². The standard InChI is InChI=1S/C12H14N2O2/c1-7-3-4-9-10(5-7)13-14-12(9)8(2)6-11(15)16/h3-5,8H,6H2,1-2H3,(H,13,14)(H,15,16). The van der Waals surface area contributed by atoms with Gasteiger partial charge in [0.05, 0.1) is 11.9 Å². The molecule has 0 saturated heterocycles. The molecular weight excluding hydrogens is 204 g/mol. The third-order valence-electron chi connectivity index (χ3n) is 2.71. The fourth-order valence-corrected chi connectivity index (χ4v) is 1.88. The molecule has 4 heteroatoms. The van der Waals surface area contributed by atoms with Crippen LogP contribution in [0.3, 0.4) is 0 Å². The summed E-state index contributed by atoms with van der Waals surface area (Å²) in [6.07, 6.45) is 0.116. The highest BCUT2D eigenvalue weighted by molar-refractivity contribution is 5.83. The Labute approximate surface area is 93.3 Å². The SMILES string of the molecule is Cc1ccc2c(C(C)CC(=O)O)[nH]nc2c1. The Morgan fingerprint density at radius 3 is 3.00 bits per heavy atom. The summed E-state index contributed by atoms with van der Waals surface area (Å²) in [5, 5.41) is 16.9. The minimum absolute atomic E-state index is 0.0507. The molecule has 84 valence electrons. The topological polar surface area (TPSA) is 66.0 Å². The fourth-order valence-electron chi connectivity index (χ4n) is 1.88. The molecule has 0 saturated carbocycles. The minimum Gasteiger partial charge on any atom is -0.481 e. The number of nitrogens with one attached hydrogen (secondary N) is 1. The summed E-state index contributed by atoms with van der Waals surface area (Å²) in [7, 11) is 0. The molecule has 1 unspecified atom stereocenters. The van der Waals surface area contributed by atoms with Gasteiger partial charge in [0.2, 0.25) is 0 Å². The number of nitrogens with zero attached hydrogens (tertiary/aromatic N) is 1. The maximum absolute atomic E-state index is 10.7. The maximum Gasteiger partial charge on any atom is 0.304 e. The molecule has 16 heavy (non-hydrogen) atoms. The first kappa shape index (κ1) is 10.7. The summed E-state index contributed by atoms with van der Waals surface area (Å²) in [5.41, 5.74) is 2.95. The molecule has 2 rings (SSSR count). The lowest BCUT2D eigenvalue weighted by Gasteiger charge is -2.06. The number of rotatable bonds is 3. The van der Waals surface area contributed by atoms with Crippen LogP contribution in [-0.2, 0) is 4.79 Å². The summed E-state index contributed by atoms with van der Waals surface area (Å²) in [6.45, 7) is 3.90. The van der Waals surface area contributed by atoms with Gasteiger partial charge in [-0.05, 0) is 18.6 Å². The van der Waals surface area contributed by atoms with Crippen molar-refractivity contribution in [2.45, 2.75) is 26.2 Å². The predicted molar refractivity (Wildman–Crippen MR) is 61.5 cm³/mol. The molecule has 1 atom stereocenters. The Kier molecular flexibility index (Phi) is 2.64. The highest BCUT2D eigenvalue weighted by atomic mass is 16.4. The lowest BCUT2D eigenvalue weighted by atomic mass is 10.00. The average molecular weight is 218 g/mol. The molecular formula is C12H14N2O2. The number of benzene rings is 1. The van der Waals surface area contributed by atoms with Crippen molar-refractivity contribution in [3.63, 3.8) is 0 Å². The summed E-state index contributed by atoms with van der Waals surface area (Å²) in [6, 6.07) is 5.99. The fraction of sp³-hybridized carbons (Fsp3) is 0.333. The monoisotopic (exact) mass is 218 g/mol. The summed E-state index contributed by atoms with van der Waals surface area (Å²) < 4.78 is 0. The van der Waals surface area contributed by atoms with Crippen molar-refractivity contribution in [3.8, 4) is 0 Å². The Morgan fingerprint density at radius 1 is 1.56 bits per heavy atom. The second-order valence-corrected chi connectivity index (χ2v) is 4.16. The van der Waals surface area contributed by atoms with Crippen molar-refractivity contribution in [2.75, 3.05) is 0 Å². The number of H-pyrrole nitrogens is 1. The van der Waals surface area contributed by atoms with E-state index in [0.29, 0.717) is 0 Å². The number of aryl methyl sites for hydroxylation is 1. The summed E-state index contributed by atoms with van der Waals surface area (Å²) in [5.74, 6) is -0.840. The molecule has 0 radical (unpaired) electrons. The lowest BCUT2D eigenvalue weighted by Crippen LogP contribution is -2.03. The van der Waals surface area contributed by atoms with E-state index >= 15 is 0 Å². The molecule has 0 bridgehead atoms. The van der Waals surface area contributed by atoms with Crippen molar-refractivity contribution in [1.82, 2.24) is 10.2 Å². The highest BCUT2D eigenvalue weighted by Gasteiger charge is 2.15. The second kappa shape index (κ2) is 3.96. The van der Waals surface area contributed by atoms with Crippen LogP contribution in [-0.4, -0.2) is 21.3 Å². The molecule has 1 heterocycles. The van der Waals surface area contributed by atoms with E-state index in [1.54, 1.807) is 0 Å².